The van der Waals surface area contributed by atoms with E-state index < -0.39 is 64.7 Å². The van der Waals surface area contributed by atoms with Gasteiger partial charge in [-0.1, -0.05) is 19.1 Å². The number of halogens is 3. The molecule has 4 rings (SSSR count). The Morgan fingerprint density at radius 3 is 2.41 bits per heavy atom. The summed E-state index contributed by atoms with van der Waals surface area (Å²) in [5, 5.41) is 50.5. The summed E-state index contributed by atoms with van der Waals surface area (Å²) in [5.41, 5.74) is -2.90. The van der Waals surface area contributed by atoms with Gasteiger partial charge in [0.05, 0.1) is 18.4 Å². The Kier molecular flexibility index (Phi) is 9.99. The van der Waals surface area contributed by atoms with E-state index in [1.807, 2.05) is 13.8 Å². The molecule has 15 heteroatoms. The predicted octanol–water partition coefficient (Wildman–Crippen LogP) is 1.10. The minimum atomic E-state index is -1.64. The molecule has 0 spiro atoms. The Morgan fingerprint density at radius 1 is 1.20 bits per heavy atom. The molecule has 4 N–H and O–H groups in total. The summed E-state index contributed by atoms with van der Waals surface area (Å²) in [6.07, 6.45) is -2.73. The third-order valence-corrected chi connectivity index (χ3v) is 8.87. The summed E-state index contributed by atoms with van der Waals surface area (Å²) in [7, 11) is 1.62. The van der Waals surface area contributed by atoms with E-state index in [1.165, 1.54) is 11.1 Å². The van der Waals surface area contributed by atoms with E-state index in [2.05, 4.69) is 10.3 Å². The van der Waals surface area contributed by atoms with E-state index >= 15 is 0 Å². The lowest BCUT2D eigenvalue weighted by Gasteiger charge is -2.45. The van der Waals surface area contributed by atoms with Gasteiger partial charge in [0.25, 0.3) is 0 Å². The molecule has 228 valence electrons. The van der Waals surface area contributed by atoms with Crippen LogP contribution in [0.15, 0.2) is 18.3 Å². The monoisotopic (exact) mass is 604 g/mol. The van der Waals surface area contributed by atoms with Gasteiger partial charge in [0.2, 0.25) is 5.91 Å². The van der Waals surface area contributed by atoms with Crippen LogP contribution in [0.1, 0.15) is 32.7 Å². The van der Waals surface area contributed by atoms with Crippen LogP contribution in [0.25, 0.3) is 11.3 Å². The number of carbonyl (C=O) groups excluding carboxylic acids is 1. The van der Waals surface area contributed by atoms with Crippen molar-refractivity contribution < 1.29 is 47.9 Å². The molecule has 2 aliphatic rings. The van der Waals surface area contributed by atoms with E-state index in [4.69, 9.17) is 9.47 Å². The molecule has 2 aliphatic heterocycles. The van der Waals surface area contributed by atoms with Crippen LogP contribution in [0.3, 0.4) is 0 Å². The van der Waals surface area contributed by atoms with Gasteiger partial charge in [0, 0.05) is 45.2 Å². The number of hydrogen-bond acceptors (Lipinski definition) is 10. The highest BCUT2D eigenvalue weighted by Crippen LogP contribution is 2.42. The van der Waals surface area contributed by atoms with Crippen molar-refractivity contribution in [2.45, 2.75) is 67.3 Å². The summed E-state index contributed by atoms with van der Waals surface area (Å²) in [6, 6.07) is 0.192. The van der Waals surface area contributed by atoms with Crippen LogP contribution in [0.4, 0.5) is 13.2 Å². The first-order valence-electron chi connectivity index (χ1n) is 13.3. The number of amides is 1. The molecule has 1 amide bonds. The van der Waals surface area contributed by atoms with Gasteiger partial charge in [-0.2, -0.15) is 0 Å². The summed E-state index contributed by atoms with van der Waals surface area (Å²) < 4.78 is 53.3. The van der Waals surface area contributed by atoms with E-state index in [0.717, 1.165) is 28.6 Å². The second-order valence-electron chi connectivity index (χ2n) is 10.9. The second-order valence-corrected chi connectivity index (χ2v) is 12.1. The first-order chi connectivity index (χ1) is 19.4. The zero-order chi connectivity index (χ0) is 30.1. The van der Waals surface area contributed by atoms with Gasteiger partial charge in [-0.05, 0) is 18.1 Å². The fourth-order valence-corrected chi connectivity index (χ4v) is 6.71. The van der Waals surface area contributed by atoms with Gasteiger partial charge in [-0.15, -0.1) is 16.9 Å². The van der Waals surface area contributed by atoms with Crippen LogP contribution in [0.2, 0.25) is 0 Å². The molecule has 11 nitrogen and oxygen atoms in total. The third kappa shape index (κ3) is 6.71. The Labute approximate surface area is 239 Å². The molecule has 2 saturated heterocycles. The molecule has 2 aromatic rings. The highest BCUT2D eigenvalue weighted by molar-refractivity contribution is 8.01. The lowest BCUT2D eigenvalue weighted by Crippen LogP contribution is -2.58. The van der Waals surface area contributed by atoms with E-state index in [9.17, 15) is 38.4 Å². The van der Waals surface area contributed by atoms with E-state index in [0.29, 0.717) is 6.54 Å². The standard InChI is InChI=1S/C26H35F3N4O7S/c1-13(2)10-32(3)24(37)23(26(38)4-6-39-7-5-26)41-25-22(36)20(21(35)18(12-34)40-25)33-11-17(30-31-33)14-8-15(27)19(29)16(28)9-14/h8-9,11,13,18,20-23,25,34-36,38H,4-7,10,12H2,1-3H3/t18-,20+,21+,22-,23+,25+/m1/s1. The zero-order valence-electron chi connectivity index (χ0n) is 22.9. The van der Waals surface area contributed by atoms with Gasteiger partial charge in [-0.3, -0.25) is 4.79 Å². The highest BCUT2D eigenvalue weighted by Gasteiger charge is 2.51. The van der Waals surface area contributed by atoms with Crippen LogP contribution in [-0.2, 0) is 14.3 Å². The van der Waals surface area contributed by atoms with Crippen LogP contribution >= 0.6 is 11.8 Å². The van der Waals surface area contributed by atoms with Crippen molar-refractivity contribution in [3.8, 4) is 11.3 Å². The smallest absolute Gasteiger partial charge is 0.238 e. The maximum Gasteiger partial charge on any atom is 0.238 e. The Bertz CT molecular complexity index is 1190. The number of aliphatic hydroxyl groups excluding tert-OH is 3. The molecule has 0 unspecified atom stereocenters. The lowest BCUT2D eigenvalue weighted by molar-refractivity contribution is -0.179. The molecule has 3 heterocycles. The molecular formula is C26H35F3N4O7S. The minimum absolute atomic E-state index is 0.0710. The lowest BCUT2D eigenvalue weighted by atomic mass is 9.89. The molecular weight excluding hydrogens is 569 g/mol. The number of hydrogen-bond donors (Lipinski definition) is 4. The normalized spacial score (nSPS) is 27.1. The number of aliphatic hydroxyl groups is 4. The number of ether oxygens (including phenoxy) is 2. The van der Waals surface area contributed by atoms with Crippen LogP contribution in [-0.4, -0.2) is 114 Å². The van der Waals surface area contributed by atoms with Crippen LogP contribution in [0, 0.1) is 23.4 Å². The number of nitrogens with zero attached hydrogens (tertiary/aromatic N) is 4. The van der Waals surface area contributed by atoms with Gasteiger partial charge in [0.15, 0.2) is 17.5 Å². The SMILES string of the molecule is CC(C)CN(C)C(=O)[C@H](S[C@@H]1O[C@H](CO)[C@H](O)[C@H](n2cc(-c3cc(F)c(F)c(F)c3)nn2)[C@H]1O)C1(O)CCOCC1. The van der Waals surface area contributed by atoms with Gasteiger partial charge >= 0.3 is 0 Å². The summed E-state index contributed by atoms with van der Waals surface area (Å²) in [4.78, 5) is 15.1. The number of aromatic nitrogens is 3. The Hall–Kier alpha value is -2.27. The van der Waals surface area contributed by atoms with Gasteiger partial charge in [0.1, 0.15) is 40.7 Å². The number of benzene rings is 1. The van der Waals surface area contributed by atoms with Gasteiger partial charge < -0.3 is 34.8 Å². The number of rotatable bonds is 9. The number of thioether (sulfide) groups is 1. The van der Waals surface area contributed by atoms with Crippen molar-refractivity contribution in [2.75, 3.05) is 33.4 Å². The highest BCUT2D eigenvalue weighted by atomic mass is 32.2. The molecule has 0 aliphatic carbocycles. The minimum Gasteiger partial charge on any atom is -0.394 e. The van der Waals surface area contributed by atoms with Crippen LogP contribution in [0.5, 0.6) is 0 Å². The summed E-state index contributed by atoms with van der Waals surface area (Å²) >= 11 is 0.877. The van der Waals surface area contributed by atoms with Crippen molar-refractivity contribution in [2.24, 2.45) is 5.92 Å². The quantitative estimate of drug-likeness (QED) is 0.307. The average Bonchev–Trinajstić information content (AvgIpc) is 3.40. The van der Waals surface area contributed by atoms with Crippen molar-refractivity contribution in [3.05, 3.63) is 35.8 Å². The molecule has 1 aromatic heterocycles. The second kappa shape index (κ2) is 12.9. The summed E-state index contributed by atoms with van der Waals surface area (Å²) in [5.74, 6) is -4.73. The van der Waals surface area contributed by atoms with Crippen molar-refractivity contribution in [1.29, 1.82) is 0 Å². The Balaban J connectivity index is 1.64. The number of carbonyl (C=O) groups is 1. The summed E-state index contributed by atoms with van der Waals surface area (Å²) in [6.45, 7) is 4.13. The topological polar surface area (TPSA) is 150 Å². The molecule has 0 bridgehead atoms. The van der Waals surface area contributed by atoms with Crippen LogP contribution < -0.4 is 0 Å². The molecule has 0 saturated carbocycles. The van der Waals surface area contributed by atoms with Gasteiger partial charge in [-0.25, -0.2) is 17.9 Å². The predicted molar refractivity (Wildman–Crippen MR) is 141 cm³/mol. The van der Waals surface area contributed by atoms with Crippen molar-refractivity contribution >= 4 is 17.7 Å². The largest absolute Gasteiger partial charge is 0.394 e. The maximum atomic E-state index is 13.8. The fraction of sp³-hybridized carbons (Fsp3) is 0.654. The van der Waals surface area contributed by atoms with E-state index in [-0.39, 0.29) is 49.1 Å². The maximum absolute atomic E-state index is 13.8. The average molecular weight is 605 g/mol. The third-order valence-electron chi connectivity index (χ3n) is 7.30. The zero-order valence-corrected chi connectivity index (χ0v) is 23.7. The fourth-order valence-electron chi connectivity index (χ4n) is 5.12. The molecule has 6 atom stereocenters. The van der Waals surface area contributed by atoms with E-state index in [1.54, 1.807) is 7.05 Å². The molecule has 1 aromatic carbocycles. The first kappa shape index (κ1) is 31.7. The molecule has 0 radical (unpaired) electrons. The first-order valence-corrected chi connectivity index (χ1v) is 14.2. The molecule has 2 fully saturated rings. The molecule has 41 heavy (non-hydrogen) atoms. The Morgan fingerprint density at radius 2 is 1.83 bits per heavy atom. The van der Waals surface area contributed by atoms with Crippen molar-refractivity contribution in [1.82, 2.24) is 19.9 Å². The van der Waals surface area contributed by atoms with Crippen molar-refractivity contribution in [3.63, 3.8) is 0 Å².